The zero-order chi connectivity index (χ0) is 18.7. The van der Waals surface area contributed by atoms with Gasteiger partial charge in [0.15, 0.2) is 15.1 Å². The van der Waals surface area contributed by atoms with Gasteiger partial charge in [0, 0.05) is 0 Å². The largest absolute Gasteiger partial charge is 0.465 e. The highest BCUT2D eigenvalue weighted by molar-refractivity contribution is 7.93. The third kappa shape index (κ3) is 4.03. The number of hydrogen-bond donors (Lipinski definition) is 0. The monoisotopic (exact) mass is 368 g/mol. The Labute approximate surface area is 148 Å². The molecule has 0 aromatic heterocycles. The van der Waals surface area contributed by atoms with Gasteiger partial charge in [0.2, 0.25) is 0 Å². The average molecular weight is 368 g/mol. The van der Waals surface area contributed by atoms with E-state index in [1.54, 1.807) is 30.3 Å². The summed E-state index contributed by atoms with van der Waals surface area (Å²) in [6.07, 6.45) is 1.06. The van der Waals surface area contributed by atoms with Gasteiger partial charge < -0.3 is 9.47 Å². The fourth-order valence-electron chi connectivity index (χ4n) is 2.94. The lowest BCUT2D eigenvalue weighted by molar-refractivity contribution is -0.155. The second-order valence-corrected chi connectivity index (χ2v) is 9.11. The predicted octanol–water partition coefficient (Wildman–Crippen LogP) is 2.44. The van der Waals surface area contributed by atoms with Crippen LogP contribution in [0.25, 0.3) is 0 Å². The fraction of sp³-hybridized carbons (Fsp3) is 0.556. The van der Waals surface area contributed by atoms with Crippen molar-refractivity contribution >= 4 is 21.8 Å². The van der Waals surface area contributed by atoms with Crippen molar-refractivity contribution in [2.45, 2.75) is 44.1 Å². The molecule has 0 spiro atoms. The molecule has 2 unspecified atom stereocenters. The third-order valence-corrected chi connectivity index (χ3v) is 7.15. The van der Waals surface area contributed by atoms with Gasteiger partial charge in [0.1, 0.15) is 5.25 Å². The minimum Gasteiger partial charge on any atom is -0.465 e. The number of carbonyl (C=O) groups is 2. The summed E-state index contributed by atoms with van der Waals surface area (Å²) in [5.41, 5.74) is -0.908. The van der Waals surface area contributed by atoms with Gasteiger partial charge >= 0.3 is 11.9 Å². The van der Waals surface area contributed by atoms with Crippen LogP contribution in [-0.2, 0) is 28.9 Å². The van der Waals surface area contributed by atoms with Crippen molar-refractivity contribution in [1.82, 2.24) is 0 Å². The number of esters is 2. The molecule has 2 atom stereocenters. The fourth-order valence-corrected chi connectivity index (χ4v) is 5.13. The molecule has 1 heterocycles. The van der Waals surface area contributed by atoms with Crippen molar-refractivity contribution < 1.29 is 27.5 Å². The van der Waals surface area contributed by atoms with Gasteiger partial charge in [0.05, 0.1) is 18.6 Å². The van der Waals surface area contributed by atoms with Gasteiger partial charge in [-0.05, 0) is 39.2 Å². The number of benzene rings is 1. The van der Waals surface area contributed by atoms with Crippen molar-refractivity contribution in [2.24, 2.45) is 5.41 Å². The average Bonchev–Trinajstić information content (AvgIpc) is 2.56. The Morgan fingerprint density at radius 3 is 2.16 bits per heavy atom. The Hall–Kier alpha value is -1.89. The summed E-state index contributed by atoms with van der Waals surface area (Å²) in [5.74, 6) is -1.38. The molecule has 25 heavy (non-hydrogen) atoms. The Balaban J connectivity index is 2.58. The topological polar surface area (TPSA) is 86.7 Å². The van der Waals surface area contributed by atoms with Gasteiger partial charge in [-0.2, -0.15) is 0 Å². The number of rotatable bonds is 1. The molecular weight excluding hydrogens is 344 g/mol. The molecule has 1 aliphatic heterocycles. The van der Waals surface area contributed by atoms with Crippen LogP contribution in [0.3, 0.4) is 0 Å². The molecule has 0 N–H and O–H groups in total. The highest BCUT2D eigenvalue weighted by Crippen LogP contribution is 2.43. The molecule has 2 rings (SSSR count). The van der Waals surface area contributed by atoms with Crippen molar-refractivity contribution in [1.29, 1.82) is 0 Å². The van der Waals surface area contributed by atoms with Gasteiger partial charge in [-0.15, -0.1) is 0 Å². The van der Waals surface area contributed by atoms with E-state index >= 15 is 0 Å². The van der Waals surface area contributed by atoms with Crippen LogP contribution in [-0.4, -0.2) is 38.8 Å². The molecule has 0 bridgehead atoms. The number of carbonyl (C=O) groups excluding carboxylic acids is 2. The van der Waals surface area contributed by atoms with E-state index in [9.17, 15) is 18.0 Å². The first-order valence-electron chi connectivity index (χ1n) is 8.30. The summed E-state index contributed by atoms with van der Waals surface area (Å²) in [7, 11) is -4.05. The van der Waals surface area contributed by atoms with Crippen molar-refractivity contribution in [3.8, 4) is 0 Å². The van der Waals surface area contributed by atoms with Crippen molar-refractivity contribution in [2.75, 3.05) is 13.2 Å². The Kier molecular flexibility index (Phi) is 5.87. The molecule has 1 aromatic rings. The van der Waals surface area contributed by atoms with E-state index in [-0.39, 0.29) is 13.2 Å². The van der Waals surface area contributed by atoms with E-state index < -0.39 is 37.7 Å². The molecule has 0 amide bonds. The van der Waals surface area contributed by atoms with Gasteiger partial charge in [-0.3, -0.25) is 9.59 Å². The minimum absolute atomic E-state index is 0.107. The maximum Gasteiger partial charge on any atom is 0.324 e. The van der Waals surface area contributed by atoms with E-state index in [1.807, 2.05) is 0 Å². The molecule has 1 fully saturated rings. The summed E-state index contributed by atoms with van der Waals surface area (Å²) in [5, 5.41) is -2.58. The van der Waals surface area contributed by atoms with E-state index in [2.05, 4.69) is 0 Å². The first-order chi connectivity index (χ1) is 11.7. The van der Waals surface area contributed by atoms with Crippen LogP contribution in [0, 0.1) is 5.41 Å². The molecule has 1 aliphatic rings. The second-order valence-electron chi connectivity index (χ2n) is 6.75. The molecule has 1 aromatic carbocycles. The first-order valence-corrected chi connectivity index (χ1v) is 9.91. The number of cyclic esters (lactones) is 2. The number of sulfone groups is 1. The van der Waals surface area contributed by atoms with Crippen LogP contribution in [0.15, 0.2) is 30.3 Å². The van der Waals surface area contributed by atoms with Crippen molar-refractivity contribution in [3.05, 3.63) is 35.9 Å². The zero-order valence-corrected chi connectivity index (χ0v) is 15.5. The van der Waals surface area contributed by atoms with E-state index in [1.165, 1.54) is 20.8 Å². The summed E-state index contributed by atoms with van der Waals surface area (Å²) in [4.78, 5) is 24.8. The lowest BCUT2D eigenvalue weighted by Crippen LogP contribution is -2.43. The Morgan fingerprint density at radius 1 is 1.00 bits per heavy atom. The smallest absolute Gasteiger partial charge is 0.324 e. The Morgan fingerprint density at radius 2 is 1.56 bits per heavy atom. The summed E-state index contributed by atoms with van der Waals surface area (Å²) in [6.45, 7) is 4.65. The second kappa shape index (κ2) is 7.56. The van der Waals surface area contributed by atoms with E-state index in [0.29, 0.717) is 18.4 Å². The lowest BCUT2D eigenvalue weighted by atomic mass is 9.85. The first kappa shape index (κ1) is 19.4. The normalized spacial score (nSPS) is 27.3. The van der Waals surface area contributed by atoms with Gasteiger partial charge in [-0.25, -0.2) is 8.42 Å². The van der Waals surface area contributed by atoms with E-state index in [0.717, 1.165) is 0 Å². The van der Waals surface area contributed by atoms with Crippen LogP contribution in [0.1, 0.15) is 44.4 Å². The SMILES string of the molecule is CC1C(=O)OCCCCOC(=O)C(C)(C)C(c2ccccc2)S1(=O)=O. The maximum atomic E-state index is 13.2. The molecule has 138 valence electrons. The van der Waals surface area contributed by atoms with Crippen LogP contribution >= 0.6 is 0 Å². The Bertz CT molecular complexity index is 723. The summed E-state index contributed by atoms with van der Waals surface area (Å²) >= 11 is 0. The van der Waals surface area contributed by atoms with E-state index in [4.69, 9.17) is 9.47 Å². The molecule has 0 saturated carbocycles. The zero-order valence-electron chi connectivity index (χ0n) is 14.7. The number of ether oxygens (including phenoxy) is 2. The van der Waals surface area contributed by atoms with Crippen molar-refractivity contribution in [3.63, 3.8) is 0 Å². The van der Waals surface area contributed by atoms with Gasteiger partial charge in [-0.1, -0.05) is 30.3 Å². The summed E-state index contributed by atoms with van der Waals surface area (Å²) < 4.78 is 36.8. The standard InChI is InChI=1S/C18H24O6S/c1-13-16(19)23-11-7-8-12-24-17(20)18(2,3)15(25(13,21)22)14-9-5-4-6-10-14/h4-6,9-10,13,15H,7-8,11-12H2,1-3H3. The minimum atomic E-state index is -4.05. The molecule has 0 radical (unpaired) electrons. The maximum absolute atomic E-state index is 13.2. The third-order valence-electron chi connectivity index (χ3n) is 4.45. The highest BCUT2D eigenvalue weighted by Gasteiger charge is 2.50. The molecular formula is C18H24O6S. The number of hydrogen-bond acceptors (Lipinski definition) is 6. The van der Waals surface area contributed by atoms with Gasteiger partial charge in [0.25, 0.3) is 0 Å². The quantitative estimate of drug-likeness (QED) is 0.708. The summed E-state index contributed by atoms with van der Waals surface area (Å²) in [6, 6.07) is 8.44. The van der Waals surface area contributed by atoms with Crippen LogP contribution in [0.2, 0.25) is 0 Å². The van der Waals surface area contributed by atoms with Crippen LogP contribution in [0.4, 0.5) is 0 Å². The lowest BCUT2D eigenvalue weighted by Gasteiger charge is -2.34. The highest BCUT2D eigenvalue weighted by atomic mass is 32.2. The van der Waals surface area contributed by atoms with Crippen LogP contribution < -0.4 is 0 Å². The molecule has 7 heteroatoms. The van der Waals surface area contributed by atoms with Crippen LogP contribution in [0.5, 0.6) is 0 Å². The predicted molar refractivity (Wildman–Crippen MR) is 92.5 cm³/mol. The molecule has 1 saturated heterocycles. The molecule has 0 aliphatic carbocycles. The molecule has 6 nitrogen and oxygen atoms in total.